The molecular weight excluding hydrogens is 307 g/mol. The number of hydrogen-bond donors (Lipinski definition) is 1. The van der Waals surface area contributed by atoms with Gasteiger partial charge in [-0.1, -0.05) is 6.07 Å². The van der Waals surface area contributed by atoms with E-state index < -0.39 is 22.9 Å². The summed E-state index contributed by atoms with van der Waals surface area (Å²) in [5.41, 5.74) is -3.56. The first-order valence-corrected chi connectivity index (χ1v) is 7.12. The Balaban J connectivity index is 1.93. The van der Waals surface area contributed by atoms with E-state index in [2.05, 4.69) is 4.98 Å². The number of nitriles is 1. The number of aliphatic hydroxyl groups is 1. The molecule has 0 radical (unpaired) electrons. The molecule has 1 aliphatic rings. The molecule has 0 saturated heterocycles. The van der Waals surface area contributed by atoms with Crippen molar-refractivity contribution < 1.29 is 18.3 Å². The number of benzene rings is 1. The van der Waals surface area contributed by atoms with Crippen LogP contribution in [0, 0.1) is 23.0 Å². The summed E-state index contributed by atoms with van der Waals surface area (Å²) in [5.74, 6) is -1.57. The maximum Gasteiger partial charge on any atom is 0.141 e. The lowest BCUT2D eigenvalue weighted by atomic mass is 9.87. The zero-order valence-electron chi connectivity index (χ0n) is 12.1. The van der Waals surface area contributed by atoms with Crippen LogP contribution in [0.1, 0.15) is 24.1 Å². The van der Waals surface area contributed by atoms with E-state index in [1.165, 1.54) is 23.2 Å². The SMILES string of the molecule is N#Cc1cncn1CC(O)(Cc1ccc(F)cc1F)C1(F)CC1. The number of hydrogen-bond acceptors (Lipinski definition) is 3. The molecule has 1 saturated carbocycles. The Morgan fingerprint density at radius 2 is 2.13 bits per heavy atom. The van der Waals surface area contributed by atoms with Crippen LogP contribution < -0.4 is 0 Å². The zero-order chi connectivity index (χ0) is 16.7. The molecule has 3 rings (SSSR count). The minimum Gasteiger partial charge on any atom is -0.384 e. The first-order valence-electron chi connectivity index (χ1n) is 7.12. The van der Waals surface area contributed by atoms with Gasteiger partial charge in [-0.05, 0) is 24.5 Å². The van der Waals surface area contributed by atoms with E-state index in [0.717, 1.165) is 6.07 Å². The molecule has 120 valence electrons. The second kappa shape index (κ2) is 5.39. The highest BCUT2D eigenvalue weighted by molar-refractivity contribution is 5.25. The summed E-state index contributed by atoms with van der Waals surface area (Å²) in [6, 6.07) is 4.85. The molecular formula is C16H14F3N3O. The van der Waals surface area contributed by atoms with Gasteiger partial charge in [-0.3, -0.25) is 0 Å². The van der Waals surface area contributed by atoms with Gasteiger partial charge in [0.2, 0.25) is 0 Å². The summed E-state index contributed by atoms with van der Waals surface area (Å²) >= 11 is 0. The van der Waals surface area contributed by atoms with Crippen LogP contribution in [0.25, 0.3) is 0 Å². The predicted molar refractivity (Wildman–Crippen MR) is 75.0 cm³/mol. The molecule has 7 heteroatoms. The summed E-state index contributed by atoms with van der Waals surface area (Å²) < 4.78 is 42.9. The minimum atomic E-state index is -1.90. The lowest BCUT2D eigenvalue weighted by molar-refractivity contribution is -0.0636. The molecule has 0 spiro atoms. The van der Waals surface area contributed by atoms with Gasteiger partial charge in [0, 0.05) is 12.5 Å². The first kappa shape index (κ1) is 15.6. The van der Waals surface area contributed by atoms with Crippen LogP contribution in [0.5, 0.6) is 0 Å². The van der Waals surface area contributed by atoms with Crippen molar-refractivity contribution in [1.29, 1.82) is 5.26 Å². The summed E-state index contributed by atoms with van der Waals surface area (Å²) in [7, 11) is 0. The van der Waals surface area contributed by atoms with E-state index in [4.69, 9.17) is 5.26 Å². The molecule has 0 amide bonds. The van der Waals surface area contributed by atoms with Crippen molar-refractivity contribution >= 4 is 0 Å². The summed E-state index contributed by atoms with van der Waals surface area (Å²) in [4.78, 5) is 3.80. The van der Waals surface area contributed by atoms with E-state index in [0.29, 0.717) is 6.07 Å². The normalized spacial score (nSPS) is 18.2. The van der Waals surface area contributed by atoms with Crippen LogP contribution in [0.15, 0.2) is 30.7 Å². The van der Waals surface area contributed by atoms with Gasteiger partial charge in [-0.25, -0.2) is 18.2 Å². The Hall–Kier alpha value is -2.33. The van der Waals surface area contributed by atoms with E-state index >= 15 is 0 Å². The Morgan fingerprint density at radius 1 is 1.39 bits per heavy atom. The van der Waals surface area contributed by atoms with Crippen molar-refractivity contribution in [3.8, 4) is 6.07 Å². The first-order chi connectivity index (χ1) is 10.9. The predicted octanol–water partition coefficient (Wildman–Crippen LogP) is 2.51. The highest BCUT2D eigenvalue weighted by Crippen LogP contribution is 2.51. The third-order valence-electron chi connectivity index (χ3n) is 4.28. The third-order valence-corrected chi connectivity index (χ3v) is 4.28. The van der Waals surface area contributed by atoms with Crippen molar-refractivity contribution in [3.63, 3.8) is 0 Å². The van der Waals surface area contributed by atoms with Crippen LogP contribution >= 0.6 is 0 Å². The largest absolute Gasteiger partial charge is 0.384 e. The average molecular weight is 321 g/mol. The number of aromatic nitrogens is 2. The van der Waals surface area contributed by atoms with Crippen molar-refractivity contribution in [3.05, 3.63) is 53.6 Å². The molecule has 1 unspecified atom stereocenters. The van der Waals surface area contributed by atoms with Crippen molar-refractivity contribution in [1.82, 2.24) is 9.55 Å². The molecule has 0 bridgehead atoms. The quantitative estimate of drug-likeness (QED) is 0.920. The molecule has 1 fully saturated rings. The van der Waals surface area contributed by atoms with Crippen molar-refractivity contribution in [2.75, 3.05) is 0 Å². The molecule has 1 heterocycles. The molecule has 1 N–H and O–H groups in total. The molecule has 4 nitrogen and oxygen atoms in total. The van der Waals surface area contributed by atoms with E-state index in [-0.39, 0.29) is 37.1 Å². The third kappa shape index (κ3) is 2.82. The molecule has 1 aromatic heterocycles. The van der Waals surface area contributed by atoms with Crippen LogP contribution in [-0.2, 0) is 13.0 Å². The Morgan fingerprint density at radius 3 is 2.74 bits per heavy atom. The van der Waals surface area contributed by atoms with E-state index in [1.54, 1.807) is 0 Å². The zero-order valence-corrected chi connectivity index (χ0v) is 12.1. The van der Waals surface area contributed by atoms with Crippen LogP contribution in [0.2, 0.25) is 0 Å². The second-order valence-corrected chi connectivity index (χ2v) is 5.93. The summed E-state index contributed by atoms with van der Waals surface area (Å²) in [6.45, 7) is -0.233. The number of alkyl halides is 1. The summed E-state index contributed by atoms with van der Waals surface area (Å²) in [5, 5.41) is 19.9. The van der Waals surface area contributed by atoms with Gasteiger partial charge in [0.1, 0.15) is 34.7 Å². The number of halogens is 3. The topological polar surface area (TPSA) is 61.8 Å². The summed E-state index contributed by atoms with van der Waals surface area (Å²) in [6.07, 6.45) is 2.61. The maximum absolute atomic E-state index is 14.7. The fourth-order valence-electron chi connectivity index (χ4n) is 2.73. The van der Waals surface area contributed by atoms with E-state index in [9.17, 15) is 18.3 Å². The van der Waals surface area contributed by atoms with Gasteiger partial charge in [0.15, 0.2) is 0 Å². The second-order valence-electron chi connectivity index (χ2n) is 5.93. The molecule has 1 atom stereocenters. The van der Waals surface area contributed by atoms with Crippen molar-refractivity contribution in [2.45, 2.75) is 37.1 Å². The van der Waals surface area contributed by atoms with Crippen LogP contribution in [0.4, 0.5) is 13.2 Å². The fraction of sp³-hybridized carbons (Fsp3) is 0.375. The maximum atomic E-state index is 14.7. The van der Waals surface area contributed by atoms with Gasteiger partial charge >= 0.3 is 0 Å². The van der Waals surface area contributed by atoms with E-state index in [1.807, 2.05) is 6.07 Å². The van der Waals surface area contributed by atoms with Gasteiger partial charge in [-0.15, -0.1) is 0 Å². The van der Waals surface area contributed by atoms with Gasteiger partial charge in [0.05, 0.1) is 19.1 Å². The Labute approximate surface area is 130 Å². The smallest absolute Gasteiger partial charge is 0.141 e. The monoisotopic (exact) mass is 321 g/mol. The molecule has 0 aliphatic heterocycles. The van der Waals surface area contributed by atoms with Crippen LogP contribution in [0.3, 0.4) is 0 Å². The number of nitrogens with zero attached hydrogens (tertiary/aromatic N) is 3. The minimum absolute atomic E-state index is 0.0245. The average Bonchev–Trinajstić information content (AvgIpc) is 3.10. The molecule has 1 aliphatic carbocycles. The lowest BCUT2D eigenvalue weighted by Crippen LogP contribution is -2.47. The molecule has 1 aromatic carbocycles. The van der Waals surface area contributed by atoms with Gasteiger partial charge in [0.25, 0.3) is 0 Å². The fourth-order valence-corrected chi connectivity index (χ4v) is 2.73. The van der Waals surface area contributed by atoms with Gasteiger partial charge in [-0.2, -0.15) is 5.26 Å². The number of rotatable bonds is 5. The standard InChI is InChI=1S/C16H14F3N3O/c17-12-2-1-11(14(18)5-12)6-16(23,15(19)3-4-15)9-22-10-21-8-13(22)7-20/h1-2,5,8,10,23H,3-4,6,9H2. The lowest BCUT2D eigenvalue weighted by Gasteiger charge is -2.32. The Bertz CT molecular complexity index is 779. The highest BCUT2D eigenvalue weighted by Gasteiger charge is 2.60. The van der Waals surface area contributed by atoms with Crippen LogP contribution in [-0.4, -0.2) is 25.9 Å². The van der Waals surface area contributed by atoms with Crippen molar-refractivity contribution in [2.24, 2.45) is 0 Å². The molecule has 23 heavy (non-hydrogen) atoms. The number of imidazole rings is 1. The highest BCUT2D eigenvalue weighted by atomic mass is 19.1. The molecule has 2 aromatic rings. The Kier molecular flexibility index (Phi) is 3.65. The van der Waals surface area contributed by atoms with Gasteiger partial charge < -0.3 is 9.67 Å².